The van der Waals surface area contributed by atoms with Crippen LogP contribution in [0, 0.1) is 0 Å². The van der Waals surface area contributed by atoms with Gasteiger partial charge < -0.3 is 15.0 Å². The number of nitrogens with zero attached hydrogens (tertiary/aromatic N) is 2. The first kappa shape index (κ1) is 19.5. The monoisotopic (exact) mass is 387 g/mol. The zero-order valence-corrected chi connectivity index (χ0v) is 16.6. The number of carbonyl (C=O) groups excluding carboxylic acids is 1. The highest BCUT2D eigenvalue weighted by atomic mass is 35.5. The normalized spacial score (nSPS) is 16.0. The third-order valence-corrected chi connectivity index (χ3v) is 5.38. The second kappa shape index (κ2) is 9.11. The number of amides is 1. The standard InChI is InChI=1S/C21H26ClN3O2/c1-16(21(26)23-15-17-7-9-18(27-2)10-8-17)24-11-13-25(14-12-24)20-6-4-3-5-19(20)22/h3-10,16H,11-15H2,1-2H3,(H,23,26)/t16-/m0/s1. The number of nitrogens with one attached hydrogen (secondary N) is 1. The van der Waals surface area contributed by atoms with E-state index in [1.807, 2.05) is 55.5 Å². The first-order valence-electron chi connectivity index (χ1n) is 9.22. The number of halogens is 1. The number of methoxy groups -OCH3 is 1. The predicted molar refractivity (Wildman–Crippen MR) is 110 cm³/mol. The summed E-state index contributed by atoms with van der Waals surface area (Å²) in [4.78, 5) is 17.0. The van der Waals surface area contributed by atoms with Crippen LogP contribution in [0.2, 0.25) is 5.02 Å². The molecule has 0 aromatic heterocycles. The van der Waals surface area contributed by atoms with E-state index in [1.54, 1.807) is 7.11 Å². The largest absolute Gasteiger partial charge is 0.497 e. The van der Waals surface area contributed by atoms with Gasteiger partial charge in [0.25, 0.3) is 0 Å². The summed E-state index contributed by atoms with van der Waals surface area (Å²) in [6, 6.07) is 15.5. The molecule has 3 rings (SSSR count). The Morgan fingerprint density at radius 3 is 2.41 bits per heavy atom. The lowest BCUT2D eigenvalue weighted by atomic mass is 10.1. The highest BCUT2D eigenvalue weighted by Gasteiger charge is 2.26. The van der Waals surface area contributed by atoms with Gasteiger partial charge in [0.05, 0.1) is 23.9 Å². The van der Waals surface area contributed by atoms with Crippen molar-refractivity contribution in [1.29, 1.82) is 0 Å². The average molecular weight is 388 g/mol. The molecule has 5 nitrogen and oxygen atoms in total. The van der Waals surface area contributed by atoms with E-state index in [0.29, 0.717) is 6.54 Å². The van der Waals surface area contributed by atoms with Crippen molar-refractivity contribution < 1.29 is 9.53 Å². The van der Waals surface area contributed by atoms with Gasteiger partial charge >= 0.3 is 0 Å². The van der Waals surface area contributed by atoms with Crippen molar-refractivity contribution in [1.82, 2.24) is 10.2 Å². The van der Waals surface area contributed by atoms with Gasteiger partial charge in [0.1, 0.15) is 5.75 Å². The smallest absolute Gasteiger partial charge is 0.237 e. The highest BCUT2D eigenvalue weighted by Crippen LogP contribution is 2.26. The van der Waals surface area contributed by atoms with Crippen molar-refractivity contribution in [2.24, 2.45) is 0 Å². The maximum Gasteiger partial charge on any atom is 0.237 e. The molecule has 2 aromatic rings. The average Bonchev–Trinajstić information content (AvgIpc) is 2.72. The SMILES string of the molecule is COc1ccc(CNC(=O)[C@H](C)N2CCN(c3ccccc3Cl)CC2)cc1. The molecule has 0 aliphatic carbocycles. The Labute approximate surface area is 165 Å². The molecule has 1 saturated heterocycles. The van der Waals surface area contributed by atoms with Crippen molar-refractivity contribution in [2.45, 2.75) is 19.5 Å². The maximum atomic E-state index is 12.5. The Hall–Kier alpha value is -2.24. The van der Waals surface area contributed by atoms with Gasteiger partial charge in [0, 0.05) is 32.7 Å². The van der Waals surface area contributed by atoms with E-state index >= 15 is 0 Å². The fourth-order valence-corrected chi connectivity index (χ4v) is 3.56. The molecule has 1 aliphatic heterocycles. The van der Waals surface area contributed by atoms with Gasteiger partial charge in [0.2, 0.25) is 5.91 Å². The van der Waals surface area contributed by atoms with Gasteiger partial charge in [0.15, 0.2) is 0 Å². The number of anilines is 1. The van der Waals surface area contributed by atoms with E-state index in [4.69, 9.17) is 16.3 Å². The van der Waals surface area contributed by atoms with Crippen molar-refractivity contribution >= 4 is 23.2 Å². The van der Waals surface area contributed by atoms with Gasteiger partial charge in [-0.1, -0.05) is 35.9 Å². The summed E-state index contributed by atoms with van der Waals surface area (Å²) in [5.74, 6) is 0.867. The molecule has 1 fully saturated rings. The van der Waals surface area contributed by atoms with E-state index in [9.17, 15) is 4.79 Å². The zero-order chi connectivity index (χ0) is 19.2. The van der Waals surface area contributed by atoms with Crippen molar-refractivity contribution in [3.63, 3.8) is 0 Å². The Balaban J connectivity index is 1.48. The number of piperazine rings is 1. The number of rotatable bonds is 6. The molecule has 0 radical (unpaired) electrons. The number of hydrogen-bond donors (Lipinski definition) is 1. The summed E-state index contributed by atoms with van der Waals surface area (Å²) in [7, 11) is 1.64. The molecule has 1 heterocycles. The number of hydrogen-bond acceptors (Lipinski definition) is 4. The van der Waals surface area contributed by atoms with Crippen molar-refractivity contribution in [3.8, 4) is 5.75 Å². The molecule has 0 spiro atoms. The van der Waals surface area contributed by atoms with Crippen molar-refractivity contribution in [3.05, 3.63) is 59.1 Å². The first-order valence-corrected chi connectivity index (χ1v) is 9.60. The first-order chi connectivity index (χ1) is 13.1. The predicted octanol–water partition coefficient (Wildman–Crippen LogP) is 3.18. The van der Waals surface area contributed by atoms with Crippen LogP contribution in [0.15, 0.2) is 48.5 Å². The van der Waals surface area contributed by atoms with Gasteiger partial charge in [-0.15, -0.1) is 0 Å². The molecule has 1 N–H and O–H groups in total. The molecule has 2 aromatic carbocycles. The number of para-hydroxylation sites is 1. The van der Waals surface area contributed by atoms with Crippen molar-refractivity contribution in [2.75, 3.05) is 38.2 Å². The van der Waals surface area contributed by atoms with Crippen LogP contribution in [0.5, 0.6) is 5.75 Å². The third kappa shape index (κ3) is 4.93. The molecule has 0 saturated carbocycles. The van der Waals surface area contributed by atoms with Crippen LogP contribution >= 0.6 is 11.6 Å². The van der Waals surface area contributed by atoms with E-state index < -0.39 is 0 Å². The van der Waals surface area contributed by atoms with Crippen LogP contribution in [-0.2, 0) is 11.3 Å². The maximum absolute atomic E-state index is 12.5. The van der Waals surface area contributed by atoms with Crippen LogP contribution < -0.4 is 15.0 Å². The van der Waals surface area contributed by atoms with Crippen LogP contribution in [0.4, 0.5) is 5.69 Å². The molecule has 144 valence electrons. The summed E-state index contributed by atoms with van der Waals surface area (Å²) in [5.41, 5.74) is 2.12. The summed E-state index contributed by atoms with van der Waals surface area (Å²) in [6.45, 7) is 5.88. The minimum absolute atomic E-state index is 0.0528. The lowest BCUT2D eigenvalue weighted by molar-refractivity contribution is -0.126. The van der Waals surface area contributed by atoms with Crippen LogP contribution in [0.1, 0.15) is 12.5 Å². The van der Waals surface area contributed by atoms with Crippen LogP contribution in [-0.4, -0.2) is 50.1 Å². The van der Waals surface area contributed by atoms with Gasteiger partial charge in [-0.05, 0) is 36.8 Å². The highest BCUT2D eigenvalue weighted by molar-refractivity contribution is 6.33. The van der Waals surface area contributed by atoms with E-state index in [2.05, 4.69) is 15.1 Å². The van der Waals surface area contributed by atoms with Gasteiger partial charge in [-0.2, -0.15) is 0 Å². The Morgan fingerprint density at radius 1 is 1.11 bits per heavy atom. The minimum Gasteiger partial charge on any atom is -0.497 e. The number of ether oxygens (including phenoxy) is 1. The topological polar surface area (TPSA) is 44.8 Å². The molecular formula is C21H26ClN3O2. The molecule has 0 unspecified atom stereocenters. The fraction of sp³-hybridized carbons (Fsp3) is 0.381. The summed E-state index contributed by atoms with van der Waals surface area (Å²) in [5, 5.41) is 3.80. The second-order valence-corrected chi connectivity index (χ2v) is 7.12. The van der Waals surface area contributed by atoms with Crippen LogP contribution in [0.25, 0.3) is 0 Å². The van der Waals surface area contributed by atoms with Gasteiger partial charge in [-0.25, -0.2) is 0 Å². The molecule has 27 heavy (non-hydrogen) atoms. The molecule has 1 aliphatic rings. The fourth-order valence-electron chi connectivity index (χ4n) is 3.30. The molecule has 1 amide bonds. The molecule has 0 bridgehead atoms. The summed E-state index contributed by atoms with van der Waals surface area (Å²) in [6.07, 6.45) is 0. The third-order valence-electron chi connectivity index (χ3n) is 5.06. The Bertz CT molecular complexity index is 758. The van der Waals surface area contributed by atoms with E-state index in [1.165, 1.54) is 0 Å². The molecular weight excluding hydrogens is 362 g/mol. The number of benzene rings is 2. The Kier molecular flexibility index (Phi) is 6.58. The molecule has 6 heteroatoms. The van der Waals surface area contributed by atoms with Gasteiger partial charge in [-0.3, -0.25) is 9.69 Å². The van der Waals surface area contributed by atoms with Crippen LogP contribution in [0.3, 0.4) is 0 Å². The lowest BCUT2D eigenvalue weighted by Gasteiger charge is -2.38. The Morgan fingerprint density at radius 2 is 1.78 bits per heavy atom. The second-order valence-electron chi connectivity index (χ2n) is 6.72. The zero-order valence-electron chi connectivity index (χ0n) is 15.8. The van der Waals surface area contributed by atoms with E-state index in [0.717, 1.165) is 48.2 Å². The summed E-state index contributed by atoms with van der Waals surface area (Å²) < 4.78 is 5.15. The quantitative estimate of drug-likeness (QED) is 0.826. The minimum atomic E-state index is -0.156. The number of carbonyl (C=O) groups is 1. The van der Waals surface area contributed by atoms with E-state index in [-0.39, 0.29) is 11.9 Å². The lowest BCUT2D eigenvalue weighted by Crippen LogP contribution is -2.53. The molecule has 1 atom stereocenters. The summed E-state index contributed by atoms with van der Waals surface area (Å²) >= 11 is 6.30.